The maximum atomic E-state index is 10.8. The van der Waals surface area contributed by atoms with E-state index in [2.05, 4.69) is 0 Å². The Hall–Kier alpha value is -1.10. The maximum absolute atomic E-state index is 10.8. The minimum atomic E-state index is -1.01. The van der Waals surface area contributed by atoms with Gasteiger partial charge in [0.25, 0.3) is 0 Å². The zero-order chi connectivity index (χ0) is 9.14. The SMILES string of the molecule is CC(=O)N1CCOC(C(=O)O)C1. The molecule has 0 radical (unpaired) electrons. The van der Waals surface area contributed by atoms with Crippen LogP contribution in [0.3, 0.4) is 0 Å². The molecule has 1 aliphatic heterocycles. The van der Waals surface area contributed by atoms with E-state index in [-0.39, 0.29) is 12.5 Å². The number of hydrogen-bond acceptors (Lipinski definition) is 3. The smallest absolute Gasteiger partial charge is 0.334 e. The summed E-state index contributed by atoms with van der Waals surface area (Å²) in [5, 5.41) is 8.57. The van der Waals surface area contributed by atoms with Crippen molar-refractivity contribution < 1.29 is 19.4 Å². The van der Waals surface area contributed by atoms with Gasteiger partial charge in [0.1, 0.15) is 0 Å². The molecule has 0 saturated carbocycles. The van der Waals surface area contributed by atoms with E-state index in [1.54, 1.807) is 0 Å². The average molecular weight is 173 g/mol. The topological polar surface area (TPSA) is 66.8 Å². The third-order valence-corrected chi connectivity index (χ3v) is 1.79. The summed E-state index contributed by atoms with van der Waals surface area (Å²) in [4.78, 5) is 22.8. The Morgan fingerprint density at radius 3 is 2.75 bits per heavy atom. The molecule has 0 aliphatic carbocycles. The van der Waals surface area contributed by atoms with Crippen molar-refractivity contribution in [3.8, 4) is 0 Å². The van der Waals surface area contributed by atoms with Crippen LogP contribution in [0.1, 0.15) is 6.92 Å². The van der Waals surface area contributed by atoms with E-state index < -0.39 is 12.1 Å². The van der Waals surface area contributed by atoms with Gasteiger partial charge >= 0.3 is 5.97 Å². The number of ether oxygens (including phenoxy) is 1. The molecule has 0 spiro atoms. The molecule has 1 N–H and O–H groups in total. The van der Waals surface area contributed by atoms with Crippen molar-refractivity contribution in [2.75, 3.05) is 19.7 Å². The Morgan fingerprint density at radius 1 is 1.58 bits per heavy atom. The predicted molar refractivity (Wildman–Crippen MR) is 39.6 cm³/mol. The molecular weight excluding hydrogens is 162 g/mol. The molecule has 1 aliphatic rings. The molecule has 68 valence electrons. The van der Waals surface area contributed by atoms with Crippen LogP contribution in [0, 0.1) is 0 Å². The molecule has 1 heterocycles. The second-order valence-electron chi connectivity index (χ2n) is 2.66. The largest absolute Gasteiger partial charge is 0.479 e. The van der Waals surface area contributed by atoms with Crippen molar-refractivity contribution in [2.24, 2.45) is 0 Å². The Morgan fingerprint density at radius 2 is 2.25 bits per heavy atom. The van der Waals surface area contributed by atoms with Crippen LogP contribution in [0.4, 0.5) is 0 Å². The Balaban J connectivity index is 2.51. The molecule has 0 aromatic rings. The minimum absolute atomic E-state index is 0.107. The number of rotatable bonds is 1. The molecule has 0 bridgehead atoms. The fourth-order valence-corrected chi connectivity index (χ4v) is 1.08. The number of nitrogens with zero attached hydrogens (tertiary/aromatic N) is 1. The first kappa shape index (κ1) is 8.99. The van der Waals surface area contributed by atoms with Gasteiger partial charge in [-0.3, -0.25) is 4.79 Å². The van der Waals surface area contributed by atoms with Crippen molar-refractivity contribution in [3.63, 3.8) is 0 Å². The Bertz CT molecular complexity index is 184. The van der Waals surface area contributed by atoms with Gasteiger partial charge < -0.3 is 14.7 Å². The fourth-order valence-electron chi connectivity index (χ4n) is 1.08. The van der Waals surface area contributed by atoms with Gasteiger partial charge in [0.15, 0.2) is 6.10 Å². The van der Waals surface area contributed by atoms with E-state index in [0.29, 0.717) is 13.2 Å². The summed E-state index contributed by atoms with van der Waals surface area (Å²) in [6.07, 6.45) is -0.859. The van der Waals surface area contributed by atoms with Crippen LogP contribution in [0.2, 0.25) is 0 Å². The van der Waals surface area contributed by atoms with Gasteiger partial charge in [-0.15, -0.1) is 0 Å². The number of hydrogen-bond donors (Lipinski definition) is 1. The van der Waals surface area contributed by atoms with Gasteiger partial charge in [-0.1, -0.05) is 0 Å². The zero-order valence-corrected chi connectivity index (χ0v) is 6.82. The predicted octanol–water partition coefficient (Wildman–Crippen LogP) is -0.682. The van der Waals surface area contributed by atoms with Crippen LogP contribution >= 0.6 is 0 Å². The highest BCUT2D eigenvalue weighted by Crippen LogP contribution is 2.04. The first-order valence-electron chi connectivity index (χ1n) is 3.71. The molecule has 1 rings (SSSR count). The van der Waals surface area contributed by atoms with Gasteiger partial charge in [0.05, 0.1) is 13.2 Å². The monoisotopic (exact) mass is 173 g/mol. The number of carbonyl (C=O) groups excluding carboxylic acids is 1. The summed E-state index contributed by atoms with van der Waals surface area (Å²) in [6, 6.07) is 0. The molecule has 1 unspecified atom stereocenters. The summed E-state index contributed by atoms with van der Waals surface area (Å²) in [7, 11) is 0. The van der Waals surface area contributed by atoms with Crippen molar-refractivity contribution in [1.29, 1.82) is 0 Å². The number of carbonyl (C=O) groups is 2. The second kappa shape index (κ2) is 3.53. The molecule has 12 heavy (non-hydrogen) atoms. The molecule has 1 atom stereocenters. The number of carboxylic acids is 1. The Labute approximate surface area is 69.9 Å². The standard InChI is InChI=1S/C7H11NO4/c1-5(9)8-2-3-12-6(4-8)7(10)11/h6H,2-4H2,1H3,(H,10,11). The highest BCUT2D eigenvalue weighted by molar-refractivity contribution is 5.76. The summed E-state index contributed by atoms with van der Waals surface area (Å²) >= 11 is 0. The summed E-state index contributed by atoms with van der Waals surface area (Å²) < 4.78 is 4.93. The van der Waals surface area contributed by atoms with Crippen LogP contribution in [-0.2, 0) is 14.3 Å². The van der Waals surface area contributed by atoms with E-state index >= 15 is 0 Å². The van der Waals surface area contributed by atoms with Crippen molar-refractivity contribution >= 4 is 11.9 Å². The van der Waals surface area contributed by atoms with Crippen molar-refractivity contribution in [3.05, 3.63) is 0 Å². The van der Waals surface area contributed by atoms with E-state index in [4.69, 9.17) is 9.84 Å². The lowest BCUT2D eigenvalue weighted by Gasteiger charge is -2.29. The van der Waals surface area contributed by atoms with Gasteiger partial charge in [-0.2, -0.15) is 0 Å². The number of amides is 1. The second-order valence-corrected chi connectivity index (χ2v) is 2.66. The van der Waals surface area contributed by atoms with Crippen molar-refractivity contribution in [2.45, 2.75) is 13.0 Å². The molecule has 0 aromatic carbocycles. The maximum Gasteiger partial charge on any atom is 0.334 e. The molecule has 0 aromatic heterocycles. The average Bonchev–Trinajstić information content (AvgIpc) is 2.04. The first-order chi connectivity index (χ1) is 5.61. The van der Waals surface area contributed by atoms with Crippen LogP contribution < -0.4 is 0 Å². The summed E-state index contributed by atoms with van der Waals surface area (Å²) in [5.74, 6) is -1.12. The number of morpholine rings is 1. The lowest BCUT2D eigenvalue weighted by Crippen LogP contribution is -2.47. The van der Waals surface area contributed by atoms with E-state index in [9.17, 15) is 9.59 Å². The quantitative estimate of drug-likeness (QED) is 0.570. The van der Waals surface area contributed by atoms with E-state index in [0.717, 1.165) is 0 Å². The summed E-state index contributed by atoms with van der Waals surface area (Å²) in [5.41, 5.74) is 0. The third-order valence-electron chi connectivity index (χ3n) is 1.79. The van der Waals surface area contributed by atoms with Gasteiger partial charge in [-0.05, 0) is 0 Å². The molecule has 1 fully saturated rings. The third kappa shape index (κ3) is 1.94. The van der Waals surface area contributed by atoms with Crippen LogP contribution in [0.5, 0.6) is 0 Å². The molecule has 1 saturated heterocycles. The number of carboxylic acid groups (broad SMARTS) is 1. The summed E-state index contributed by atoms with van der Waals surface area (Å²) in [6.45, 7) is 2.37. The molecule has 1 amide bonds. The lowest BCUT2D eigenvalue weighted by atomic mass is 10.3. The Kier molecular flexibility index (Phi) is 2.65. The minimum Gasteiger partial charge on any atom is -0.479 e. The van der Waals surface area contributed by atoms with Crippen LogP contribution in [0.15, 0.2) is 0 Å². The van der Waals surface area contributed by atoms with Gasteiger partial charge in [-0.25, -0.2) is 4.79 Å². The van der Waals surface area contributed by atoms with Gasteiger partial charge in [0, 0.05) is 13.5 Å². The zero-order valence-electron chi connectivity index (χ0n) is 6.82. The first-order valence-corrected chi connectivity index (χ1v) is 3.71. The lowest BCUT2D eigenvalue weighted by molar-refractivity contribution is -0.158. The highest BCUT2D eigenvalue weighted by Gasteiger charge is 2.27. The van der Waals surface area contributed by atoms with Crippen LogP contribution in [0.25, 0.3) is 0 Å². The highest BCUT2D eigenvalue weighted by atomic mass is 16.5. The number of aliphatic carboxylic acids is 1. The molecular formula is C7H11NO4. The normalized spacial score (nSPS) is 23.8. The van der Waals surface area contributed by atoms with Crippen LogP contribution in [-0.4, -0.2) is 47.7 Å². The van der Waals surface area contributed by atoms with E-state index in [1.165, 1.54) is 11.8 Å². The fraction of sp³-hybridized carbons (Fsp3) is 0.714. The van der Waals surface area contributed by atoms with Gasteiger partial charge in [0.2, 0.25) is 5.91 Å². The van der Waals surface area contributed by atoms with Crippen molar-refractivity contribution in [1.82, 2.24) is 4.90 Å². The molecule has 5 nitrogen and oxygen atoms in total. The van der Waals surface area contributed by atoms with E-state index in [1.807, 2.05) is 0 Å². The molecule has 5 heteroatoms.